The number of nitrogens with zero attached hydrogens (tertiary/aromatic N) is 3. The van der Waals surface area contributed by atoms with E-state index in [4.69, 9.17) is 0 Å². The van der Waals surface area contributed by atoms with Gasteiger partial charge >= 0.3 is 6.03 Å². The first-order valence-electron chi connectivity index (χ1n) is 13.9. The smallest absolute Gasteiger partial charge is 0.316 e. The first kappa shape index (κ1) is 27.4. The number of carbonyl (C=O) groups is 5. The molecule has 4 atom stereocenters. The van der Waals surface area contributed by atoms with Crippen LogP contribution < -0.4 is 10.6 Å². The van der Waals surface area contributed by atoms with Crippen molar-refractivity contribution in [3.05, 3.63) is 0 Å². The van der Waals surface area contributed by atoms with Gasteiger partial charge in [-0.3, -0.25) is 24.1 Å². The van der Waals surface area contributed by atoms with Crippen LogP contribution in [0.4, 0.5) is 4.79 Å². The van der Waals surface area contributed by atoms with E-state index in [1.807, 2.05) is 27.7 Å². The summed E-state index contributed by atoms with van der Waals surface area (Å²) in [6.45, 7) is 7.91. The Morgan fingerprint density at radius 1 is 0.919 bits per heavy atom. The SMILES string of the molecule is CC(C)[C@H](NC(=O)N[C@H](C(=O)N1CC[C@H]2[C@H]1C1(CCCC1)C(=O)N2C(=O)C1CC1)C(C)C)C(=O)N(C)C. The summed E-state index contributed by atoms with van der Waals surface area (Å²) in [5.41, 5.74) is -0.702. The number of imide groups is 1. The molecule has 6 amide bonds. The van der Waals surface area contributed by atoms with Gasteiger partial charge < -0.3 is 20.4 Å². The summed E-state index contributed by atoms with van der Waals surface area (Å²) in [7, 11) is 3.28. The summed E-state index contributed by atoms with van der Waals surface area (Å²) < 4.78 is 0. The highest BCUT2D eigenvalue weighted by molar-refractivity contribution is 6.03. The predicted octanol–water partition coefficient (Wildman–Crippen LogP) is 1.73. The molecule has 37 heavy (non-hydrogen) atoms. The van der Waals surface area contributed by atoms with Gasteiger partial charge in [-0.25, -0.2) is 4.79 Å². The molecule has 0 aromatic rings. The fourth-order valence-corrected chi connectivity index (χ4v) is 6.59. The van der Waals surface area contributed by atoms with Crippen LogP contribution in [0.25, 0.3) is 0 Å². The maximum atomic E-state index is 14.0. The average molecular weight is 518 g/mol. The number of hydrogen-bond donors (Lipinski definition) is 2. The third-order valence-electron chi connectivity index (χ3n) is 8.73. The maximum absolute atomic E-state index is 14.0. The van der Waals surface area contributed by atoms with Crippen LogP contribution in [0.3, 0.4) is 0 Å². The summed E-state index contributed by atoms with van der Waals surface area (Å²) >= 11 is 0. The lowest BCUT2D eigenvalue weighted by Gasteiger charge is -2.37. The van der Waals surface area contributed by atoms with Gasteiger partial charge in [0.25, 0.3) is 0 Å². The number of likely N-dealkylation sites (tertiary alicyclic amines) is 2. The van der Waals surface area contributed by atoms with E-state index in [1.165, 1.54) is 9.80 Å². The summed E-state index contributed by atoms with van der Waals surface area (Å²) in [5, 5.41) is 5.58. The van der Waals surface area contributed by atoms with Gasteiger partial charge in [-0.2, -0.15) is 0 Å². The van der Waals surface area contributed by atoms with Crippen molar-refractivity contribution >= 4 is 29.7 Å². The number of fused-ring (bicyclic) bond motifs is 2. The number of amides is 6. The first-order chi connectivity index (χ1) is 17.4. The van der Waals surface area contributed by atoms with Crippen molar-refractivity contribution in [2.24, 2.45) is 23.2 Å². The Morgan fingerprint density at radius 3 is 2.00 bits per heavy atom. The molecule has 206 valence electrons. The molecule has 2 heterocycles. The average Bonchev–Trinajstić information content (AvgIpc) is 3.32. The molecule has 10 heteroatoms. The standard InChI is InChI=1S/C27H43N5O5/c1-15(2)19(23(34)30(5)6)28-26(37)29-20(16(3)4)24(35)31-14-11-18-21(31)27(12-7-8-13-27)25(36)32(18)22(33)17-9-10-17/h15-21H,7-14H2,1-6H3,(H2,28,29,37)/t18-,19-,20-,21-/m0/s1. The Hall–Kier alpha value is -2.65. The molecule has 2 saturated heterocycles. The highest BCUT2D eigenvalue weighted by Gasteiger charge is 2.66. The minimum Gasteiger partial charge on any atom is -0.347 e. The topological polar surface area (TPSA) is 119 Å². The third kappa shape index (κ3) is 4.83. The van der Waals surface area contributed by atoms with Crippen molar-refractivity contribution in [3.63, 3.8) is 0 Å². The van der Waals surface area contributed by atoms with E-state index < -0.39 is 23.5 Å². The Kier molecular flexibility index (Phi) is 7.59. The van der Waals surface area contributed by atoms with Crippen molar-refractivity contribution in [1.29, 1.82) is 0 Å². The largest absolute Gasteiger partial charge is 0.347 e. The van der Waals surface area contributed by atoms with Gasteiger partial charge in [0, 0.05) is 26.6 Å². The van der Waals surface area contributed by atoms with Gasteiger partial charge in [-0.05, 0) is 43.9 Å². The zero-order chi connectivity index (χ0) is 27.2. The lowest BCUT2D eigenvalue weighted by Crippen LogP contribution is -2.59. The molecule has 2 aliphatic heterocycles. The zero-order valence-electron chi connectivity index (χ0n) is 23.1. The van der Waals surface area contributed by atoms with E-state index in [9.17, 15) is 24.0 Å². The molecule has 4 fully saturated rings. The van der Waals surface area contributed by atoms with Crippen molar-refractivity contribution in [2.45, 2.75) is 96.8 Å². The normalized spacial score (nSPS) is 26.0. The van der Waals surface area contributed by atoms with Gasteiger partial charge in [-0.1, -0.05) is 40.5 Å². The van der Waals surface area contributed by atoms with E-state index in [0.717, 1.165) is 25.7 Å². The Bertz CT molecular complexity index is 953. The molecule has 2 N–H and O–H groups in total. The lowest BCUT2D eigenvalue weighted by molar-refractivity contribution is -0.149. The fourth-order valence-electron chi connectivity index (χ4n) is 6.59. The quantitative estimate of drug-likeness (QED) is 0.499. The maximum Gasteiger partial charge on any atom is 0.316 e. The molecule has 0 bridgehead atoms. The molecule has 0 unspecified atom stereocenters. The monoisotopic (exact) mass is 517 g/mol. The zero-order valence-corrected chi connectivity index (χ0v) is 23.1. The number of rotatable bonds is 7. The molecule has 4 aliphatic rings. The molecule has 0 radical (unpaired) electrons. The summed E-state index contributed by atoms with van der Waals surface area (Å²) in [6.07, 6.45) is 5.44. The molecule has 0 aromatic heterocycles. The third-order valence-corrected chi connectivity index (χ3v) is 8.73. The molecular weight excluding hydrogens is 474 g/mol. The number of carbonyl (C=O) groups excluding carboxylic acids is 5. The van der Waals surface area contributed by atoms with Crippen LogP contribution in [0.15, 0.2) is 0 Å². The Labute approximate surface area is 219 Å². The predicted molar refractivity (Wildman–Crippen MR) is 137 cm³/mol. The van der Waals surface area contributed by atoms with Crippen molar-refractivity contribution < 1.29 is 24.0 Å². The number of nitrogens with one attached hydrogen (secondary N) is 2. The number of hydrogen-bond acceptors (Lipinski definition) is 5. The van der Waals surface area contributed by atoms with Crippen LogP contribution in [-0.2, 0) is 19.2 Å². The van der Waals surface area contributed by atoms with Crippen molar-refractivity contribution in [1.82, 2.24) is 25.3 Å². The fraction of sp³-hybridized carbons (Fsp3) is 0.815. The second kappa shape index (κ2) is 10.3. The summed E-state index contributed by atoms with van der Waals surface area (Å²) in [6, 6.07) is -2.73. The van der Waals surface area contributed by atoms with E-state index in [2.05, 4.69) is 10.6 Å². The van der Waals surface area contributed by atoms with Crippen molar-refractivity contribution in [3.8, 4) is 0 Å². The second-order valence-corrected chi connectivity index (χ2v) is 12.3. The van der Waals surface area contributed by atoms with Gasteiger partial charge in [0.2, 0.25) is 23.6 Å². The van der Waals surface area contributed by atoms with Gasteiger partial charge in [-0.15, -0.1) is 0 Å². The summed E-state index contributed by atoms with van der Waals surface area (Å²) in [4.78, 5) is 71.1. The minimum absolute atomic E-state index is 0.0570. The Balaban J connectivity index is 1.54. The highest BCUT2D eigenvalue weighted by Crippen LogP contribution is 2.54. The lowest BCUT2D eigenvalue weighted by atomic mass is 9.78. The second-order valence-electron chi connectivity index (χ2n) is 12.3. The molecular formula is C27H43N5O5. The highest BCUT2D eigenvalue weighted by atomic mass is 16.2. The van der Waals surface area contributed by atoms with E-state index >= 15 is 0 Å². The van der Waals surface area contributed by atoms with Crippen LogP contribution >= 0.6 is 0 Å². The molecule has 1 spiro atoms. The molecule has 4 rings (SSSR count). The Morgan fingerprint density at radius 2 is 1.49 bits per heavy atom. The van der Waals surface area contributed by atoms with Crippen molar-refractivity contribution in [2.75, 3.05) is 20.6 Å². The molecule has 2 saturated carbocycles. The van der Waals surface area contributed by atoms with Gasteiger partial charge in [0.15, 0.2) is 0 Å². The number of likely N-dealkylation sites (N-methyl/N-ethyl adjacent to an activating group) is 1. The van der Waals surface area contributed by atoms with E-state index in [0.29, 0.717) is 25.8 Å². The van der Waals surface area contributed by atoms with Crippen LogP contribution in [0.5, 0.6) is 0 Å². The minimum atomic E-state index is -0.817. The van der Waals surface area contributed by atoms with Crippen LogP contribution in [0.2, 0.25) is 0 Å². The van der Waals surface area contributed by atoms with Gasteiger partial charge in [0.1, 0.15) is 12.1 Å². The van der Waals surface area contributed by atoms with Crippen LogP contribution in [0.1, 0.15) is 72.6 Å². The van der Waals surface area contributed by atoms with E-state index in [1.54, 1.807) is 19.0 Å². The summed E-state index contributed by atoms with van der Waals surface area (Å²) in [5.74, 6) is -0.997. The van der Waals surface area contributed by atoms with Gasteiger partial charge in [0.05, 0.1) is 17.5 Å². The molecule has 2 aliphatic carbocycles. The van der Waals surface area contributed by atoms with E-state index in [-0.39, 0.29) is 53.5 Å². The number of urea groups is 1. The molecule has 0 aromatic carbocycles. The molecule has 10 nitrogen and oxygen atoms in total. The van der Waals surface area contributed by atoms with Crippen LogP contribution in [0, 0.1) is 23.2 Å². The first-order valence-corrected chi connectivity index (χ1v) is 13.9. The van der Waals surface area contributed by atoms with Crippen LogP contribution in [-0.4, -0.2) is 89.2 Å².